The highest BCUT2D eigenvalue weighted by atomic mass is 127. The van der Waals surface area contributed by atoms with Gasteiger partial charge >= 0.3 is 0 Å². The molecule has 1 heterocycles. The Balaban J connectivity index is 0.00000200. The van der Waals surface area contributed by atoms with Crippen molar-refractivity contribution in [2.75, 3.05) is 20.2 Å². The van der Waals surface area contributed by atoms with Gasteiger partial charge in [-0.25, -0.2) is 0 Å². The summed E-state index contributed by atoms with van der Waals surface area (Å²) >= 11 is 0. The lowest BCUT2D eigenvalue weighted by atomic mass is 10.4. The van der Waals surface area contributed by atoms with Gasteiger partial charge in [0.15, 0.2) is 5.96 Å². The van der Waals surface area contributed by atoms with Gasteiger partial charge in [0, 0.05) is 26.2 Å². The molecular weight excluding hydrogens is 369 g/mol. The molecule has 1 saturated carbocycles. The van der Waals surface area contributed by atoms with Gasteiger partial charge in [-0.05, 0) is 30.9 Å². The van der Waals surface area contributed by atoms with Crippen LogP contribution < -0.4 is 10.6 Å². The van der Waals surface area contributed by atoms with Crippen LogP contribution in [0.1, 0.15) is 25.5 Å². The summed E-state index contributed by atoms with van der Waals surface area (Å²) in [5, 5.41) is 6.68. The Morgan fingerprint density at radius 1 is 1.55 bits per heavy atom. The Kier molecular flexibility index (Phi) is 7.98. The molecule has 1 aromatic heterocycles. The number of furan rings is 1. The third-order valence-corrected chi connectivity index (χ3v) is 3.24. The van der Waals surface area contributed by atoms with Gasteiger partial charge in [-0.1, -0.05) is 6.92 Å². The molecule has 2 atom stereocenters. The second-order valence-corrected chi connectivity index (χ2v) is 4.95. The molecule has 5 nitrogen and oxygen atoms in total. The van der Waals surface area contributed by atoms with E-state index in [2.05, 4.69) is 22.5 Å². The van der Waals surface area contributed by atoms with Crippen molar-refractivity contribution < 1.29 is 9.15 Å². The zero-order chi connectivity index (χ0) is 13.5. The highest BCUT2D eigenvalue weighted by molar-refractivity contribution is 14.0. The normalized spacial score (nSPS) is 21.2. The lowest BCUT2D eigenvalue weighted by Gasteiger charge is -2.11. The standard InChI is InChI=1S/C14H23N3O2.HI/c1-11-9-13(11)17-14(15-2)16-6-4-7-18-10-12-5-3-8-19-12;/h3,5,8,11,13H,4,6-7,9-10H2,1-2H3,(H2,15,16,17);1H. The molecule has 2 unspecified atom stereocenters. The SMILES string of the molecule is CN=C(NCCCOCc1ccco1)NC1CC1C.I. The number of rotatable bonds is 7. The number of hydrogen-bond donors (Lipinski definition) is 2. The first-order chi connectivity index (χ1) is 9.29. The third kappa shape index (κ3) is 6.13. The molecule has 20 heavy (non-hydrogen) atoms. The van der Waals surface area contributed by atoms with Crippen molar-refractivity contribution in [3.63, 3.8) is 0 Å². The minimum atomic E-state index is 0. The van der Waals surface area contributed by atoms with Crippen LogP contribution in [0.15, 0.2) is 27.8 Å². The Labute approximate surface area is 137 Å². The summed E-state index contributed by atoms with van der Waals surface area (Å²) in [7, 11) is 1.80. The van der Waals surface area contributed by atoms with E-state index in [1.54, 1.807) is 13.3 Å². The fourth-order valence-electron chi connectivity index (χ4n) is 1.84. The van der Waals surface area contributed by atoms with Crippen LogP contribution in [-0.4, -0.2) is 32.2 Å². The maximum Gasteiger partial charge on any atom is 0.191 e. The quantitative estimate of drug-likeness (QED) is 0.323. The van der Waals surface area contributed by atoms with Crippen LogP contribution in [0.4, 0.5) is 0 Å². The largest absolute Gasteiger partial charge is 0.467 e. The molecule has 0 amide bonds. The number of nitrogens with zero attached hydrogens (tertiary/aromatic N) is 1. The lowest BCUT2D eigenvalue weighted by molar-refractivity contribution is 0.105. The summed E-state index contributed by atoms with van der Waals surface area (Å²) < 4.78 is 10.7. The number of aliphatic imine (C=N–C) groups is 1. The maximum absolute atomic E-state index is 5.51. The number of nitrogens with one attached hydrogen (secondary N) is 2. The van der Waals surface area contributed by atoms with Crippen molar-refractivity contribution in [3.05, 3.63) is 24.2 Å². The van der Waals surface area contributed by atoms with Crippen LogP contribution in [0, 0.1) is 5.92 Å². The molecular formula is C14H24IN3O2. The number of guanidine groups is 1. The number of hydrogen-bond acceptors (Lipinski definition) is 3. The molecule has 0 spiro atoms. The summed E-state index contributed by atoms with van der Waals surface area (Å²) in [6.45, 7) is 4.36. The third-order valence-electron chi connectivity index (χ3n) is 3.24. The van der Waals surface area contributed by atoms with Gasteiger partial charge in [0.05, 0.1) is 6.26 Å². The van der Waals surface area contributed by atoms with Gasteiger partial charge in [0.2, 0.25) is 0 Å². The van der Waals surface area contributed by atoms with Crippen LogP contribution in [0.2, 0.25) is 0 Å². The highest BCUT2D eigenvalue weighted by Crippen LogP contribution is 2.28. The molecule has 2 rings (SSSR count). The van der Waals surface area contributed by atoms with Crippen LogP contribution in [0.5, 0.6) is 0 Å². The van der Waals surface area contributed by atoms with Crippen molar-refractivity contribution in [3.8, 4) is 0 Å². The van der Waals surface area contributed by atoms with Crippen molar-refractivity contribution in [1.82, 2.24) is 10.6 Å². The van der Waals surface area contributed by atoms with E-state index < -0.39 is 0 Å². The van der Waals surface area contributed by atoms with Crippen LogP contribution >= 0.6 is 24.0 Å². The van der Waals surface area contributed by atoms with Gasteiger partial charge in [-0.3, -0.25) is 4.99 Å². The van der Waals surface area contributed by atoms with Crippen LogP contribution in [0.25, 0.3) is 0 Å². The summed E-state index contributed by atoms with van der Waals surface area (Å²) in [6, 6.07) is 4.39. The zero-order valence-corrected chi connectivity index (χ0v) is 14.4. The molecule has 1 aliphatic rings. The number of halogens is 1. The molecule has 0 saturated heterocycles. The molecule has 0 bridgehead atoms. The summed E-state index contributed by atoms with van der Waals surface area (Å²) in [5.74, 6) is 2.53. The van der Waals surface area contributed by atoms with Crippen molar-refractivity contribution in [1.29, 1.82) is 0 Å². The van der Waals surface area contributed by atoms with E-state index in [0.717, 1.165) is 30.6 Å². The predicted molar refractivity (Wildman–Crippen MR) is 90.5 cm³/mol. The minimum absolute atomic E-state index is 0. The van der Waals surface area contributed by atoms with E-state index in [1.807, 2.05) is 12.1 Å². The van der Waals surface area contributed by atoms with Gasteiger partial charge in [0.25, 0.3) is 0 Å². The summed E-state index contributed by atoms with van der Waals surface area (Å²) in [4.78, 5) is 4.20. The minimum Gasteiger partial charge on any atom is -0.467 e. The highest BCUT2D eigenvalue weighted by Gasteiger charge is 2.32. The fraction of sp³-hybridized carbons (Fsp3) is 0.643. The van der Waals surface area contributed by atoms with Crippen LogP contribution in [-0.2, 0) is 11.3 Å². The van der Waals surface area contributed by atoms with E-state index in [0.29, 0.717) is 19.3 Å². The van der Waals surface area contributed by atoms with Crippen LogP contribution in [0.3, 0.4) is 0 Å². The second-order valence-electron chi connectivity index (χ2n) is 4.95. The van der Waals surface area contributed by atoms with E-state index in [4.69, 9.17) is 9.15 Å². The van der Waals surface area contributed by atoms with Gasteiger partial charge in [-0.15, -0.1) is 24.0 Å². The Morgan fingerprint density at radius 3 is 2.95 bits per heavy atom. The topological polar surface area (TPSA) is 58.8 Å². The van der Waals surface area contributed by atoms with Crippen molar-refractivity contribution >= 4 is 29.9 Å². The number of ether oxygens (including phenoxy) is 1. The molecule has 0 radical (unpaired) electrons. The smallest absolute Gasteiger partial charge is 0.191 e. The first-order valence-electron chi connectivity index (χ1n) is 6.87. The first kappa shape index (κ1) is 17.3. The molecule has 2 N–H and O–H groups in total. The zero-order valence-electron chi connectivity index (χ0n) is 12.1. The summed E-state index contributed by atoms with van der Waals surface area (Å²) in [5.41, 5.74) is 0. The lowest BCUT2D eigenvalue weighted by Crippen LogP contribution is -2.39. The van der Waals surface area contributed by atoms with Gasteiger partial charge < -0.3 is 19.8 Å². The Hall–Kier alpha value is -0.760. The van der Waals surface area contributed by atoms with E-state index in [1.165, 1.54) is 6.42 Å². The molecule has 1 aliphatic carbocycles. The monoisotopic (exact) mass is 393 g/mol. The average molecular weight is 393 g/mol. The Bertz CT molecular complexity index is 395. The molecule has 1 fully saturated rings. The van der Waals surface area contributed by atoms with Crippen molar-refractivity contribution in [2.24, 2.45) is 10.9 Å². The Morgan fingerprint density at radius 2 is 2.35 bits per heavy atom. The molecule has 1 aromatic rings. The van der Waals surface area contributed by atoms with E-state index >= 15 is 0 Å². The molecule has 0 aliphatic heterocycles. The predicted octanol–water partition coefficient (Wildman–Crippen LogP) is 2.38. The maximum atomic E-state index is 5.51. The average Bonchev–Trinajstić information content (AvgIpc) is 2.91. The van der Waals surface area contributed by atoms with Gasteiger partial charge in [-0.2, -0.15) is 0 Å². The first-order valence-corrected chi connectivity index (χ1v) is 6.87. The summed E-state index contributed by atoms with van der Waals surface area (Å²) in [6.07, 6.45) is 3.85. The molecule has 6 heteroatoms. The second kappa shape index (κ2) is 9.23. The molecule has 114 valence electrons. The van der Waals surface area contributed by atoms with E-state index in [9.17, 15) is 0 Å². The van der Waals surface area contributed by atoms with Gasteiger partial charge in [0.1, 0.15) is 12.4 Å². The molecule has 0 aromatic carbocycles. The van der Waals surface area contributed by atoms with E-state index in [-0.39, 0.29) is 24.0 Å². The van der Waals surface area contributed by atoms with Crippen molar-refractivity contribution in [2.45, 2.75) is 32.4 Å². The fourth-order valence-corrected chi connectivity index (χ4v) is 1.84.